The maximum Gasteiger partial charge on any atom is 0.137 e. The lowest BCUT2D eigenvalue weighted by Crippen LogP contribution is -2.11. The summed E-state index contributed by atoms with van der Waals surface area (Å²) in [6.07, 6.45) is 0. The molecule has 2 nitrogen and oxygen atoms in total. The van der Waals surface area contributed by atoms with Crippen LogP contribution in [-0.2, 0) is 0 Å². The van der Waals surface area contributed by atoms with E-state index in [1.807, 2.05) is 6.07 Å². The first-order valence-electron chi connectivity index (χ1n) is 20.5. The van der Waals surface area contributed by atoms with Crippen molar-refractivity contribution in [1.82, 2.24) is 0 Å². The number of hydrogen-bond acceptors (Lipinski definition) is 2. The summed E-state index contributed by atoms with van der Waals surface area (Å²) in [5.74, 6) is 0. The molecule has 0 saturated carbocycles. The minimum Gasteiger partial charge on any atom is -0.456 e. The Morgan fingerprint density at radius 2 is 0.817 bits per heavy atom. The van der Waals surface area contributed by atoms with Crippen LogP contribution in [0.4, 0.5) is 17.1 Å². The topological polar surface area (TPSA) is 16.4 Å². The smallest absolute Gasteiger partial charge is 0.137 e. The molecule has 2 heteroatoms. The fraction of sp³-hybridized carbons (Fsp3) is 0. The number of hydrogen-bond donors (Lipinski definition) is 0. The molecule has 11 rings (SSSR count). The van der Waals surface area contributed by atoms with Crippen LogP contribution in [0.3, 0.4) is 0 Å². The van der Waals surface area contributed by atoms with Crippen molar-refractivity contribution in [2.75, 3.05) is 4.90 Å². The van der Waals surface area contributed by atoms with E-state index in [4.69, 9.17) is 4.42 Å². The summed E-state index contributed by atoms with van der Waals surface area (Å²) >= 11 is 0. The minimum atomic E-state index is 0.855. The van der Waals surface area contributed by atoms with E-state index >= 15 is 0 Å². The van der Waals surface area contributed by atoms with E-state index in [0.29, 0.717) is 0 Å². The maximum atomic E-state index is 6.51. The highest BCUT2D eigenvalue weighted by atomic mass is 16.3. The Bertz CT molecular complexity index is 3300. The van der Waals surface area contributed by atoms with Crippen LogP contribution in [0.1, 0.15) is 0 Å². The van der Waals surface area contributed by atoms with Crippen LogP contribution in [0.2, 0.25) is 0 Å². The third-order valence-corrected chi connectivity index (χ3v) is 11.7. The summed E-state index contributed by atoms with van der Waals surface area (Å²) in [5.41, 5.74) is 16.6. The van der Waals surface area contributed by atoms with Gasteiger partial charge in [0, 0.05) is 16.6 Å². The zero-order valence-electron chi connectivity index (χ0n) is 32.9. The van der Waals surface area contributed by atoms with E-state index in [1.54, 1.807) is 0 Å². The molecule has 0 radical (unpaired) electrons. The molecule has 0 spiro atoms. The van der Waals surface area contributed by atoms with Crippen LogP contribution in [0.5, 0.6) is 0 Å². The fourth-order valence-corrected chi connectivity index (χ4v) is 8.91. The van der Waals surface area contributed by atoms with Crippen molar-refractivity contribution < 1.29 is 4.42 Å². The molecule has 0 fully saturated rings. The standard InChI is InChI=1S/C58H39NO/c1-3-17-40(18-4-1)44-35-38-50(53(39-44)49-25-10-9-24-48(49)41-19-5-2-6-20-41)51-26-11-13-29-54(51)59(55-30-16-32-57-58(55)52-27-12-14-31-56(52)60-57)45-36-33-43(34-37-45)47-28-15-22-42-21-7-8-23-46(42)47/h1-39H. The van der Waals surface area contributed by atoms with Gasteiger partial charge in [0.15, 0.2) is 0 Å². The van der Waals surface area contributed by atoms with E-state index in [9.17, 15) is 0 Å². The van der Waals surface area contributed by atoms with Crippen LogP contribution in [0.25, 0.3) is 88.3 Å². The molecule has 60 heavy (non-hydrogen) atoms. The first-order valence-corrected chi connectivity index (χ1v) is 20.5. The van der Waals surface area contributed by atoms with Crippen molar-refractivity contribution in [3.63, 3.8) is 0 Å². The van der Waals surface area contributed by atoms with Crippen molar-refractivity contribution in [3.8, 4) is 55.6 Å². The summed E-state index contributed by atoms with van der Waals surface area (Å²) in [6, 6.07) is 85.0. The Morgan fingerprint density at radius 3 is 1.63 bits per heavy atom. The molecule has 0 N–H and O–H groups in total. The van der Waals surface area contributed by atoms with E-state index in [1.165, 1.54) is 55.3 Å². The third kappa shape index (κ3) is 6.23. The molecule has 1 aromatic heterocycles. The van der Waals surface area contributed by atoms with Gasteiger partial charge in [0.1, 0.15) is 11.2 Å². The van der Waals surface area contributed by atoms with Gasteiger partial charge in [0.2, 0.25) is 0 Å². The quantitative estimate of drug-likeness (QED) is 0.153. The molecule has 0 aliphatic heterocycles. The second kappa shape index (κ2) is 15.1. The van der Waals surface area contributed by atoms with E-state index in [2.05, 4.69) is 235 Å². The highest BCUT2D eigenvalue weighted by molar-refractivity contribution is 6.14. The first kappa shape index (κ1) is 35.2. The Morgan fingerprint density at radius 1 is 0.283 bits per heavy atom. The van der Waals surface area contributed by atoms with E-state index in [-0.39, 0.29) is 0 Å². The van der Waals surface area contributed by atoms with E-state index in [0.717, 1.165) is 50.1 Å². The second-order valence-corrected chi connectivity index (χ2v) is 15.2. The number of rotatable bonds is 8. The average molecular weight is 766 g/mol. The predicted molar refractivity (Wildman–Crippen MR) is 253 cm³/mol. The number of furan rings is 1. The number of fused-ring (bicyclic) bond motifs is 4. The Hall–Kier alpha value is -7.94. The monoisotopic (exact) mass is 765 g/mol. The van der Waals surface area contributed by atoms with Gasteiger partial charge in [-0.1, -0.05) is 194 Å². The molecular formula is C58H39NO. The van der Waals surface area contributed by atoms with Gasteiger partial charge >= 0.3 is 0 Å². The maximum absolute atomic E-state index is 6.51. The molecule has 282 valence electrons. The molecule has 0 saturated heterocycles. The number of para-hydroxylation sites is 2. The highest BCUT2D eigenvalue weighted by Crippen LogP contribution is 2.49. The third-order valence-electron chi connectivity index (χ3n) is 11.7. The van der Waals surface area contributed by atoms with Gasteiger partial charge in [-0.2, -0.15) is 0 Å². The van der Waals surface area contributed by atoms with Crippen LogP contribution in [-0.4, -0.2) is 0 Å². The molecule has 10 aromatic carbocycles. The van der Waals surface area contributed by atoms with Gasteiger partial charge in [-0.3, -0.25) is 0 Å². The summed E-state index contributed by atoms with van der Waals surface area (Å²) in [4.78, 5) is 2.42. The fourth-order valence-electron chi connectivity index (χ4n) is 8.91. The molecule has 0 aliphatic rings. The zero-order valence-corrected chi connectivity index (χ0v) is 32.9. The van der Waals surface area contributed by atoms with Gasteiger partial charge in [-0.05, 0) is 103 Å². The van der Waals surface area contributed by atoms with Gasteiger partial charge < -0.3 is 9.32 Å². The van der Waals surface area contributed by atoms with Crippen molar-refractivity contribution in [2.24, 2.45) is 0 Å². The van der Waals surface area contributed by atoms with Crippen molar-refractivity contribution >= 4 is 49.8 Å². The predicted octanol–water partition coefficient (Wildman–Crippen LogP) is 16.5. The largest absolute Gasteiger partial charge is 0.456 e. The lowest BCUT2D eigenvalue weighted by atomic mass is 9.86. The highest BCUT2D eigenvalue weighted by Gasteiger charge is 2.24. The normalized spacial score (nSPS) is 11.3. The van der Waals surface area contributed by atoms with Crippen molar-refractivity contribution in [3.05, 3.63) is 237 Å². The Balaban J connectivity index is 1.16. The summed E-state index contributed by atoms with van der Waals surface area (Å²) < 4.78 is 6.51. The average Bonchev–Trinajstić information content (AvgIpc) is 3.72. The summed E-state index contributed by atoms with van der Waals surface area (Å²) in [6.45, 7) is 0. The summed E-state index contributed by atoms with van der Waals surface area (Å²) in [7, 11) is 0. The SMILES string of the molecule is c1ccc(-c2ccc(-c3ccccc3N(c3ccc(-c4cccc5ccccc45)cc3)c3cccc4oc5ccccc5c34)c(-c3ccccc3-c3ccccc3)c2)cc1. The Kier molecular flexibility index (Phi) is 8.87. The summed E-state index contributed by atoms with van der Waals surface area (Å²) in [5, 5.41) is 4.64. The Labute approximate surface area is 349 Å². The van der Waals surface area contributed by atoms with Crippen LogP contribution in [0.15, 0.2) is 241 Å². The van der Waals surface area contributed by atoms with Crippen molar-refractivity contribution in [1.29, 1.82) is 0 Å². The number of nitrogens with zero attached hydrogens (tertiary/aromatic N) is 1. The molecule has 0 amide bonds. The van der Waals surface area contributed by atoms with Crippen LogP contribution < -0.4 is 4.90 Å². The molecule has 11 aromatic rings. The van der Waals surface area contributed by atoms with Gasteiger partial charge in [-0.25, -0.2) is 0 Å². The molecule has 0 unspecified atom stereocenters. The number of anilines is 3. The molecule has 0 atom stereocenters. The lowest BCUT2D eigenvalue weighted by molar-refractivity contribution is 0.669. The molecule has 1 heterocycles. The molecular weight excluding hydrogens is 727 g/mol. The second-order valence-electron chi connectivity index (χ2n) is 15.2. The minimum absolute atomic E-state index is 0.855. The van der Waals surface area contributed by atoms with Gasteiger partial charge in [0.05, 0.1) is 16.8 Å². The van der Waals surface area contributed by atoms with Crippen LogP contribution >= 0.6 is 0 Å². The van der Waals surface area contributed by atoms with Gasteiger partial charge in [-0.15, -0.1) is 0 Å². The van der Waals surface area contributed by atoms with Gasteiger partial charge in [0.25, 0.3) is 0 Å². The molecule has 0 bridgehead atoms. The first-order chi connectivity index (χ1) is 29.8. The van der Waals surface area contributed by atoms with Crippen LogP contribution in [0, 0.1) is 0 Å². The van der Waals surface area contributed by atoms with Crippen molar-refractivity contribution in [2.45, 2.75) is 0 Å². The zero-order chi connectivity index (χ0) is 39.8. The molecule has 0 aliphatic carbocycles. The number of benzene rings is 10. The lowest BCUT2D eigenvalue weighted by Gasteiger charge is -2.29. The van der Waals surface area contributed by atoms with E-state index < -0.39 is 0 Å².